The van der Waals surface area contributed by atoms with Gasteiger partial charge in [0.05, 0.1) is 12.1 Å². The van der Waals surface area contributed by atoms with E-state index in [0.717, 1.165) is 37.9 Å². The van der Waals surface area contributed by atoms with E-state index in [9.17, 15) is 19.2 Å². The molecule has 3 unspecified atom stereocenters. The van der Waals surface area contributed by atoms with Crippen molar-refractivity contribution in [2.45, 2.75) is 81.7 Å². The molecule has 0 aromatic rings. The number of amides is 5. The van der Waals surface area contributed by atoms with Crippen LogP contribution in [0.3, 0.4) is 0 Å². The Hall–Kier alpha value is -1.97. The van der Waals surface area contributed by atoms with Crippen molar-refractivity contribution < 1.29 is 19.2 Å². The topological polar surface area (TPSA) is 142 Å². The smallest absolute Gasteiger partial charge is 0.315 e. The van der Waals surface area contributed by atoms with Gasteiger partial charge in [-0.15, -0.1) is 0 Å². The number of urea groups is 1. The minimum Gasteiger partial charge on any atom is -0.368 e. The van der Waals surface area contributed by atoms with Gasteiger partial charge in [-0.3, -0.25) is 14.4 Å². The molecule has 4 atom stereocenters. The maximum atomic E-state index is 11.9. The predicted molar refractivity (Wildman–Crippen MR) is 112 cm³/mol. The standard InChI is InChI=1S/C19H33N5O4S/c1-12(18(20)27)22-16(26)9-3-2-6-10-21-15(25)8-5-4-7-14-17-13(11-29-14)23-19(28)24-17/h12-14,17H,2-11H2,1H3,(H2,20,27)(H,21,25)(H,22,26)(H2,23,24,28)/t12-,13?,14?,17?/m0/s1. The number of unbranched alkanes of at least 4 members (excludes halogenated alkanes) is 3. The highest BCUT2D eigenvalue weighted by atomic mass is 32.2. The van der Waals surface area contributed by atoms with Crippen LogP contribution in [-0.2, 0) is 14.4 Å². The molecule has 0 bridgehead atoms. The van der Waals surface area contributed by atoms with Crippen molar-refractivity contribution in [3.8, 4) is 0 Å². The van der Waals surface area contributed by atoms with Gasteiger partial charge in [-0.2, -0.15) is 11.8 Å². The summed E-state index contributed by atoms with van der Waals surface area (Å²) in [6.45, 7) is 2.17. The minimum atomic E-state index is -0.649. The molecule has 2 fully saturated rings. The Labute approximate surface area is 176 Å². The van der Waals surface area contributed by atoms with Gasteiger partial charge >= 0.3 is 6.03 Å². The quantitative estimate of drug-likeness (QED) is 0.213. The zero-order valence-electron chi connectivity index (χ0n) is 17.0. The van der Waals surface area contributed by atoms with Crippen LogP contribution in [0.25, 0.3) is 0 Å². The number of primary amides is 1. The summed E-state index contributed by atoms with van der Waals surface area (Å²) in [7, 11) is 0. The first-order valence-corrected chi connectivity index (χ1v) is 11.5. The molecule has 0 radical (unpaired) electrons. The summed E-state index contributed by atoms with van der Waals surface area (Å²) in [5.41, 5.74) is 5.10. The Bertz CT molecular complexity index is 603. The van der Waals surface area contributed by atoms with E-state index in [-0.39, 0.29) is 29.9 Å². The van der Waals surface area contributed by atoms with Gasteiger partial charge in [-0.1, -0.05) is 12.8 Å². The average Bonchev–Trinajstić information content (AvgIpc) is 3.20. The van der Waals surface area contributed by atoms with Crippen LogP contribution in [0.1, 0.15) is 58.3 Å². The van der Waals surface area contributed by atoms with Crippen LogP contribution >= 0.6 is 11.8 Å². The largest absolute Gasteiger partial charge is 0.368 e. The van der Waals surface area contributed by atoms with Crippen molar-refractivity contribution in [1.82, 2.24) is 21.3 Å². The van der Waals surface area contributed by atoms with Crippen molar-refractivity contribution in [1.29, 1.82) is 0 Å². The van der Waals surface area contributed by atoms with Gasteiger partial charge in [0.1, 0.15) is 6.04 Å². The molecule has 29 heavy (non-hydrogen) atoms. The molecule has 164 valence electrons. The summed E-state index contributed by atoms with van der Waals surface area (Å²) in [5, 5.41) is 11.8. The van der Waals surface area contributed by atoms with E-state index in [4.69, 9.17) is 5.73 Å². The van der Waals surface area contributed by atoms with Crippen molar-refractivity contribution in [2.75, 3.05) is 12.3 Å². The lowest BCUT2D eigenvalue weighted by Crippen LogP contribution is -2.42. The predicted octanol–water partition coefficient (Wildman–Crippen LogP) is 0.379. The fraction of sp³-hybridized carbons (Fsp3) is 0.789. The molecule has 6 N–H and O–H groups in total. The number of carbonyl (C=O) groups is 4. The molecule has 10 heteroatoms. The number of fused-ring (bicyclic) bond motifs is 1. The van der Waals surface area contributed by atoms with E-state index < -0.39 is 11.9 Å². The van der Waals surface area contributed by atoms with E-state index >= 15 is 0 Å². The van der Waals surface area contributed by atoms with Gasteiger partial charge in [0, 0.05) is 30.4 Å². The third kappa shape index (κ3) is 8.12. The Morgan fingerprint density at radius 2 is 1.83 bits per heavy atom. The first-order valence-electron chi connectivity index (χ1n) is 10.4. The van der Waals surface area contributed by atoms with Gasteiger partial charge in [0.15, 0.2) is 0 Å². The Morgan fingerprint density at radius 1 is 1.10 bits per heavy atom. The molecular weight excluding hydrogens is 394 g/mol. The first-order chi connectivity index (χ1) is 13.9. The van der Waals surface area contributed by atoms with Crippen molar-refractivity contribution >= 4 is 35.5 Å². The van der Waals surface area contributed by atoms with Crippen LogP contribution in [0.4, 0.5) is 4.79 Å². The maximum absolute atomic E-state index is 11.9. The molecule has 2 aliphatic heterocycles. The normalized spacial score (nSPS) is 23.6. The molecule has 0 spiro atoms. The summed E-state index contributed by atoms with van der Waals surface area (Å²) in [4.78, 5) is 45.7. The van der Waals surface area contributed by atoms with Crippen LogP contribution in [0, 0.1) is 0 Å². The van der Waals surface area contributed by atoms with E-state index in [2.05, 4.69) is 21.3 Å². The highest BCUT2D eigenvalue weighted by molar-refractivity contribution is 8.00. The SMILES string of the molecule is C[C@H](NC(=O)CCCCCNC(=O)CCCCC1SCC2NC(=O)NC21)C(N)=O. The highest BCUT2D eigenvalue weighted by Gasteiger charge is 2.42. The number of hydrogen-bond acceptors (Lipinski definition) is 5. The molecule has 2 aliphatic rings. The van der Waals surface area contributed by atoms with E-state index in [1.54, 1.807) is 6.92 Å². The summed E-state index contributed by atoms with van der Waals surface area (Å²) in [6, 6.07) is -0.240. The van der Waals surface area contributed by atoms with Gasteiger partial charge in [-0.05, 0) is 32.6 Å². The van der Waals surface area contributed by atoms with Gasteiger partial charge in [0.25, 0.3) is 0 Å². The second-order valence-electron chi connectivity index (χ2n) is 7.72. The monoisotopic (exact) mass is 427 g/mol. The third-order valence-electron chi connectivity index (χ3n) is 5.29. The highest BCUT2D eigenvalue weighted by Crippen LogP contribution is 2.33. The third-order valence-corrected chi connectivity index (χ3v) is 6.80. The Kier molecular flexibility index (Phi) is 9.56. The Morgan fingerprint density at radius 3 is 2.59 bits per heavy atom. The summed E-state index contributed by atoms with van der Waals surface area (Å²) in [5.74, 6) is 0.292. The molecule has 2 heterocycles. The molecule has 5 amide bonds. The summed E-state index contributed by atoms with van der Waals surface area (Å²) >= 11 is 1.89. The van der Waals surface area contributed by atoms with Crippen LogP contribution in [0.5, 0.6) is 0 Å². The van der Waals surface area contributed by atoms with Gasteiger partial charge in [-0.25, -0.2) is 4.79 Å². The molecule has 0 saturated carbocycles. The zero-order valence-corrected chi connectivity index (χ0v) is 17.8. The van der Waals surface area contributed by atoms with E-state index in [0.29, 0.717) is 31.1 Å². The Balaban J connectivity index is 1.42. The molecule has 0 aliphatic carbocycles. The van der Waals surface area contributed by atoms with Crippen LogP contribution < -0.4 is 27.0 Å². The summed E-state index contributed by atoms with van der Waals surface area (Å²) < 4.78 is 0. The molecule has 2 saturated heterocycles. The fourth-order valence-electron chi connectivity index (χ4n) is 3.56. The van der Waals surface area contributed by atoms with E-state index in [1.807, 2.05) is 11.8 Å². The molecule has 9 nitrogen and oxygen atoms in total. The molecular formula is C19H33N5O4S. The number of rotatable bonds is 13. The van der Waals surface area contributed by atoms with Crippen LogP contribution in [0.2, 0.25) is 0 Å². The van der Waals surface area contributed by atoms with Gasteiger partial charge < -0.3 is 27.0 Å². The lowest BCUT2D eigenvalue weighted by atomic mass is 10.0. The number of carbonyl (C=O) groups excluding carboxylic acids is 4. The molecule has 0 aromatic heterocycles. The maximum Gasteiger partial charge on any atom is 0.315 e. The number of hydrogen-bond donors (Lipinski definition) is 5. The number of nitrogens with two attached hydrogens (primary N) is 1. The van der Waals surface area contributed by atoms with Crippen molar-refractivity contribution in [3.05, 3.63) is 0 Å². The first kappa shape index (κ1) is 23.3. The van der Waals surface area contributed by atoms with Crippen molar-refractivity contribution in [2.24, 2.45) is 5.73 Å². The van der Waals surface area contributed by atoms with Gasteiger partial charge in [0.2, 0.25) is 17.7 Å². The molecule has 2 rings (SSSR count). The number of nitrogens with one attached hydrogen (secondary N) is 4. The van der Waals surface area contributed by atoms with Crippen LogP contribution in [-0.4, -0.2) is 59.4 Å². The second kappa shape index (κ2) is 11.9. The van der Waals surface area contributed by atoms with Crippen molar-refractivity contribution in [3.63, 3.8) is 0 Å². The zero-order chi connectivity index (χ0) is 21.2. The van der Waals surface area contributed by atoms with E-state index in [1.165, 1.54) is 0 Å². The second-order valence-corrected chi connectivity index (χ2v) is 8.99. The summed E-state index contributed by atoms with van der Waals surface area (Å²) in [6.07, 6.45) is 6.06. The lowest BCUT2D eigenvalue weighted by molar-refractivity contribution is -0.127. The van der Waals surface area contributed by atoms with Crippen LogP contribution in [0.15, 0.2) is 0 Å². The average molecular weight is 428 g/mol. The minimum absolute atomic E-state index is 0.0609. The molecule has 0 aromatic carbocycles. The lowest BCUT2D eigenvalue weighted by Gasteiger charge is -2.16. The fourth-order valence-corrected chi connectivity index (χ4v) is 5.11. The number of thioether (sulfide) groups is 1.